The number of amides is 1. The molecule has 4 aromatic rings. The van der Waals surface area contributed by atoms with Gasteiger partial charge in [-0.05, 0) is 45.6 Å². The number of anilines is 1. The van der Waals surface area contributed by atoms with E-state index >= 15 is 0 Å². The van der Waals surface area contributed by atoms with Gasteiger partial charge in [-0.3, -0.25) is 4.79 Å². The summed E-state index contributed by atoms with van der Waals surface area (Å²) < 4.78 is 2.28. The molecule has 0 saturated carbocycles. The van der Waals surface area contributed by atoms with Crippen LogP contribution in [-0.4, -0.2) is 25.7 Å². The Balaban J connectivity index is 1.60. The van der Waals surface area contributed by atoms with Crippen LogP contribution < -0.4 is 10.6 Å². The molecule has 0 aliphatic heterocycles. The number of tetrazole rings is 1. The van der Waals surface area contributed by atoms with Crippen LogP contribution in [-0.2, 0) is 17.9 Å². The van der Waals surface area contributed by atoms with Gasteiger partial charge in [0.2, 0.25) is 5.91 Å². The lowest BCUT2D eigenvalue weighted by molar-refractivity contribution is -0.119. The molecule has 0 radical (unpaired) electrons. The number of nitrogens with zero attached hydrogens (tertiary/aromatic N) is 5. The van der Waals surface area contributed by atoms with Crippen molar-refractivity contribution in [1.82, 2.24) is 19.8 Å². The van der Waals surface area contributed by atoms with E-state index in [9.17, 15) is 9.59 Å². The summed E-state index contributed by atoms with van der Waals surface area (Å²) in [6, 6.07) is 22.7. The van der Waals surface area contributed by atoms with E-state index in [0.717, 1.165) is 15.9 Å². The Kier molecular flexibility index (Phi) is 5.11. The fraction of sp³-hybridized carbons (Fsp3) is 0.100. The van der Waals surface area contributed by atoms with E-state index in [-0.39, 0.29) is 12.5 Å². The van der Waals surface area contributed by atoms with Gasteiger partial charge in [0, 0.05) is 5.69 Å². The van der Waals surface area contributed by atoms with E-state index in [4.69, 9.17) is 0 Å². The molecule has 0 atom stereocenters. The fourth-order valence-electron chi connectivity index (χ4n) is 2.81. The van der Waals surface area contributed by atoms with Crippen LogP contribution in [0.15, 0.2) is 83.0 Å². The average molecular weight is 391 g/mol. The number of carbonyl (C=O) groups excluding carboxylic acids is 1. The summed E-state index contributed by atoms with van der Waals surface area (Å²) in [5.74, 6) is -0.240. The summed E-state index contributed by atoms with van der Waals surface area (Å²) in [6.07, 6.45) is 0. The fourth-order valence-corrected chi connectivity index (χ4v) is 3.48. The third kappa shape index (κ3) is 3.77. The van der Waals surface area contributed by atoms with Crippen LogP contribution in [0.4, 0.5) is 5.69 Å². The molecular weight excluding hydrogens is 374 g/mol. The number of carbonyl (C=O) groups is 1. The number of aromatic nitrogens is 4. The first kappa shape index (κ1) is 17.9. The van der Waals surface area contributed by atoms with Crippen molar-refractivity contribution in [2.75, 3.05) is 4.90 Å². The molecule has 0 fully saturated rings. The van der Waals surface area contributed by atoms with E-state index in [1.807, 2.05) is 72.1 Å². The standard InChI is InChI=1S/C20H17N5O2S/c26-18(15-24-20(27)25(22-21-24)19-12-7-13-28-19)23(17-10-5-2-6-11-17)14-16-8-3-1-4-9-16/h1-13H,14-15H2. The third-order valence-corrected chi connectivity index (χ3v) is 5.04. The second-order valence-electron chi connectivity index (χ2n) is 6.08. The van der Waals surface area contributed by atoms with Gasteiger partial charge in [0.15, 0.2) is 0 Å². The molecule has 7 nitrogen and oxygen atoms in total. The SMILES string of the molecule is O=C(Cn1nnn(-c2cccs2)c1=O)N(Cc1ccccc1)c1ccccc1. The minimum absolute atomic E-state index is 0.189. The van der Waals surface area contributed by atoms with Gasteiger partial charge in [-0.15, -0.1) is 11.3 Å². The van der Waals surface area contributed by atoms with Crippen molar-refractivity contribution in [2.24, 2.45) is 0 Å². The van der Waals surface area contributed by atoms with Gasteiger partial charge in [0.05, 0.1) is 6.54 Å². The molecule has 0 N–H and O–H groups in total. The van der Waals surface area contributed by atoms with Crippen LogP contribution in [0, 0.1) is 0 Å². The van der Waals surface area contributed by atoms with Crippen LogP contribution in [0.25, 0.3) is 5.00 Å². The topological polar surface area (TPSA) is 73.0 Å². The molecule has 140 valence electrons. The van der Waals surface area contributed by atoms with Crippen LogP contribution >= 0.6 is 11.3 Å². The quantitative estimate of drug-likeness (QED) is 0.507. The highest BCUT2D eigenvalue weighted by atomic mass is 32.1. The molecule has 28 heavy (non-hydrogen) atoms. The smallest absolute Gasteiger partial charge is 0.306 e. The van der Waals surface area contributed by atoms with Crippen molar-refractivity contribution >= 4 is 22.9 Å². The second-order valence-corrected chi connectivity index (χ2v) is 7.01. The summed E-state index contributed by atoms with van der Waals surface area (Å²) in [5.41, 5.74) is 1.31. The van der Waals surface area contributed by atoms with E-state index in [0.29, 0.717) is 11.5 Å². The molecule has 0 bridgehead atoms. The van der Waals surface area contributed by atoms with Crippen LogP contribution in [0.1, 0.15) is 5.56 Å². The Labute approximate surface area is 165 Å². The largest absolute Gasteiger partial charge is 0.369 e. The molecule has 0 unspecified atom stereocenters. The van der Waals surface area contributed by atoms with Gasteiger partial charge in [-0.1, -0.05) is 48.5 Å². The summed E-state index contributed by atoms with van der Waals surface area (Å²) >= 11 is 1.38. The number of rotatable bonds is 6. The van der Waals surface area contributed by atoms with Crippen molar-refractivity contribution in [3.63, 3.8) is 0 Å². The monoisotopic (exact) mass is 391 g/mol. The number of hydrogen-bond acceptors (Lipinski definition) is 5. The summed E-state index contributed by atoms with van der Waals surface area (Å²) in [7, 11) is 0. The highest BCUT2D eigenvalue weighted by Gasteiger charge is 2.19. The molecule has 0 aliphatic rings. The highest BCUT2D eigenvalue weighted by molar-refractivity contribution is 7.12. The van der Waals surface area contributed by atoms with E-state index < -0.39 is 5.69 Å². The van der Waals surface area contributed by atoms with Crippen molar-refractivity contribution in [3.8, 4) is 5.00 Å². The first-order chi connectivity index (χ1) is 13.7. The summed E-state index contributed by atoms with van der Waals surface area (Å²) in [5, 5.41) is 10.3. The first-order valence-electron chi connectivity index (χ1n) is 8.68. The van der Waals surface area contributed by atoms with E-state index in [2.05, 4.69) is 10.4 Å². The summed E-state index contributed by atoms with van der Waals surface area (Å²) in [4.78, 5) is 27.3. The molecular formula is C20H17N5O2S. The van der Waals surface area contributed by atoms with Crippen molar-refractivity contribution in [1.29, 1.82) is 0 Å². The number of para-hydroxylation sites is 1. The normalized spacial score (nSPS) is 10.7. The Hall–Kier alpha value is -3.52. The first-order valence-corrected chi connectivity index (χ1v) is 9.56. The maximum absolute atomic E-state index is 13.1. The van der Waals surface area contributed by atoms with Crippen LogP contribution in [0.3, 0.4) is 0 Å². The van der Waals surface area contributed by atoms with Gasteiger partial charge >= 0.3 is 5.69 Å². The average Bonchev–Trinajstić information content (AvgIpc) is 3.38. The van der Waals surface area contributed by atoms with Crippen molar-refractivity contribution in [3.05, 3.63) is 94.2 Å². The van der Waals surface area contributed by atoms with Gasteiger partial charge in [-0.2, -0.15) is 9.36 Å². The zero-order valence-corrected chi connectivity index (χ0v) is 15.7. The zero-order chi connectivity index (χ0) is 19.3. The van der Waals surface area contributed by atoms with Gasteiger partial charge in [-0.25, -0.2) is 4.79 Å². The van der Waals surface area contributed by atoms with Crippen molar-refractivity contribution < 1.29 is 4.79 Å². The Morgan fingerprint density at radius 3 is 2.32 bits per heavy atom. The molecule has 0 aliphatic carbocycles. The predicted molar refractivity (Wildman–Crippen MR) is 108 cm³/mol. The summed E-state index contributed by atoms with van der Waals surface area (Å²) in [6.45, 7) is 0.212. The highest BCUT2D eigenvalue weighted by Crippen LogP contribution is 2.17. The van der Waals surface area contributed by atoms with Crippen LogP contribution in [0.2, 0.25) is 0 Å². The van der Waals surface area contributed by atoms with E-state index in [1.54, 1.807) is 11.0 Å². The molecule has 4 rings (SSSR count). The predicted octanol–water partition coefficient (Wildman–Crippen LogP) is 2.72. The molecule has 0 saturated heterocycles. The third-order valence-electron chi connectivity index (χ3n) is 4.19. The lowest BCUT2D eigenvalue weighted by Gasteiger charge is -2.22. The Morgan fingerprint density at radius 2 is 1.64 bits per heavy atom. The maximum Gasteiger partial charge on any atom is 0.369 e. The molecule has 2 aromatic carbocycles. The van der Waals surface area contributed by atoms with Gasteiger partial charge in [0.1, 0.15) is 11.5 Å². The molecule has 0 spiro atoms. The molecule has 1 amide bonds. The Morgan fingerprint density at radius 1 is 0.929 bits per heavy atom. The Bertz CT molecular complexity index is 1100. The molecule has 2 aromatic heterocycles. The lowest BCUT2D eigenvalue weighted by atomic mass is 10.2. The van der Waals surface area contributed by atoms with Crippen molar-refractivity contribution in [2.45, 2.75) is 13.1 Å². The lowest BCUT2D eigenvalue weighted by Crippen LogP contribution is -2.37. The van der Waals surface area contributed by atoms with Crippen LogP contribution in [0.5, 0.6) is 0 Å². The van der Waals surface area contributed by atoms with E-state index in [1.165, 1.54) is 16.0 Å². The van der Waals surface area contributed by atoms with Gasteiger partial charge < -0.3 is 4.90 Å². The van der Waals surface area contributed by atoms with Gasteiger partial charge in [0.25, 0.3) is 0 Å². The zero-order valence-electron chi connectivity index (χ0n) is 14.9. The minimum atomic E-state index is -0.441. The number of hydrogen-bond donors (Lipinski definition) is 0. The second kappa shape index (κ2) is 8.01. The number of thiophene rings is 1. The maximum atomic E-state index is 13.1. The minimum Gasteiger partial charge on any atom is -0.306 e. The number of benzene rings is 2. The molecule has 2 heterocycles. The molecule has 8 heteroatoms.